The number of rotatable bonds is 9. The first-order valence-corrected chi connectivity index (χ1v) is 8.77. The van der Waals surface area contributed by atoms with Crippen LogP contribution in [0.25, 0.3) is 0 Å². The monoisotopic (exact) mass is 338 g/mol. The maximum atomic E-state index is 5.44. The van der Waals surface area contributed by atoms with E-state index in [2.05, 4.69) is 30.4 Å². The van der Waals surface area contributed by atoms with Crippen molar-refractivity contribution in [3.8, 4) is 0 Å². The van der Waals surface area contributed by atoms with E-state index < -0.39 is 0 Å². The molecule has 0 aromatic carbocycles. The fourth-order valence-electron chi connectivity index (χ4n) is 2.68. The number of aliphatic imine (C=N–C) groups is 1. The first-order valence-electron chi connectivity index (χ1n) is 8.77. The van der Waals surface area contributed by atoms with E-state index >= 15 is 0 Å². The molecule has 1 aromatic rings. The second-order valence-corrected chi connectivity index (χ2v) is 5.81. The zero-order valence-corrected chi connectivity index (χ0v) is 14.9. The van der Waals surface area contributed by atoms with Crippen molar-refractivity contribution in [2.45, 2.75) is 45.2 Å². The molecular formula is C16H30N6O2. The van der Waals surface area contributed by atoms with E-state index in [1.807, 2.05) is 0 Å². The number of methoxy groups -OCH3 is 1. The van der Waals surface area contributed by atoms with Gasteiger partial charge in [0.15, 0.2) is 11.8 Å². The lowest BCUT2D eigenvalue weighted by Gasteiger charge is -2.12. The highest BCUT2D eigenvalue weighted by Crippen LogP contribution is 2.14. The van der Waals surface area contributed by atoms with Crippen LogP contribution < -0.4 is 10.6 Å². The Balaban J connectivity index is 1.67. The highest BCUT2D eigenvalue weighted by atomic mass is 16.5. The highest BCUT2D eigenvalue weighted by molar-refractivity contribution is 5.79. The van der Waals surface area contributed by atoms with E-state index in [-0.39, 0.29) is 0 Å². The summed E-state index contributed by atoms with van der Waals surface area (Å²) in [4.78, 5) is 4.24. The lowest BCUT2D eigenvalue weighted by molar-refractivity contribution is 0.0698. The van der Waals surface area contributed by atoms with Crippen LogP contribution in [0.3, 0.4) is 0 Å². The van der Waals surface area contributed by atoms with Gasteiger partial charge in [-0.2, -0.15) is 0 Å². The average molecular weight is 338 g/mol. The van der Waals surface area contributed by atoms with E-state index in [4.69, 9.17) is 9.47 Å². The number of aryl methyl sites for hydroxylation is 1. The molecule has 8 nitrogen and oxygen atoms in total. The Morgan fingerprint density at radius 1 is 1.17 bits per heavy atom. The normalized spacial score (nSPS) is 15.0. The lowest BCUT2D eigenvalue weighted by Crippen LogP contribution is -2.38. The van der Waals surface area contributed by atoms with Crippen molar-refractivity contribution in [3.63, 3.8) is 0 Å². The van der Waals surface area contributed by atoms with Gasteiger partial charge >= 0.3 is 0 Å². The summed E-state index contributed by atoms with van der Waals surface area (Å²) in [6, 6.07) is 0. The van der Waals surface area contributed by atoms with Gasteiger partial charge in [-0.05, 0) is 19.3 Å². The topological polar surface area (TPSA) is 85.6 Å². The van der Waals surface area contributed by atoms with Gasteiger partial charge in [0.1, 0.15) is 5.82 Å². The zero-order chi connectivity index (χ0) is 17.0. The van der Waals surface area contributed by atoms with Gasteiger partial charge in [-0.3, -0.25) is 4.99 Å². The van der Waals surface area contributed by atoms with Crippen LogP contribution in [0.4, 0.5) is 0 Å². The lowest BCUT2D eigenvalue weighted by atomic mass is 10.2. The molecule has 0 spiro atoms. The summed E-state index contributed by atoms with van der Waals surface area (Å²) in [6.07, 6.45) is 5.63. The van der Waals surface area contributed by atoms with Gasteiger partial charge < -0.3 is 24.7 Å². The standard InChI is InChI=1S/C16H30N6O2/c1-17-16(18-8-6-10-24-12-11-23-2)19-13-15-21-20-14-7-4-3-5-9-22(14)15/h3-13H2,1-2H3,(H2,17,18,19). The third-order valence-electron chi connectivity index (χ3n) is 4.01. The number of hydrogen-bond donors (Lipinski definition) is 2. The average Bonchev–Trinajstić information content (AvgIpc) is 2.83. The van der Waals surface area contributed by atoms with Crippen molar-refractivity contribution in [3.05, 3.63) is 11.6 Å². The second kappa shape index (κ2) is 11.0. The highest BCUT2D eigenvalue weighted by Gasteiger charge is 2.14. The number of aromatic nitrogens is 3. The minimum absolute atomic E-state index is 0.636. The smallest absolute Gasteiger partial charge is 0.191 e. The Bertz CT molecular complexity index is 503. The molecule has 1 aliphatic heterocycles. The molecule has 0 saturated carbocycles. The largest absolute Gasteiger partial charge is 0.382 e. The Morgan fingerprint density at radius 2 is 2.08 bits per heavy atom. The minimum Gasteiger partial charge on any atom is -0.382 e. The molecule has 1 aliphatic rings. The summed E-state index contributed by atoms with van der Waals surface area (Å²) in [5.74, 6) is 2.87. The van der Waals surface area contributed by atoms with Crippen LogP contribution in [0.2, 0.25) is 0 Å². The third kappa shape index (κ3) is 6.09. The Kier molecular flexibility index (Phi) is 8.54. The molecule has 0 aliphatic carbocycles. The van der Waals surface area contributed by atoms with Crippen LogP contribution in [-0.4, -0.2) is 61.2 Å². The molecule has 0 atom stereocenters. The van der Waals surface area contributed by atoms with Crippen molar-refractivity contribution < 1.29 is 9.47 Å². The maximum absolute atomic E-state index is 5.44. The van der Waals surface area contributed by atoms with Gasteiger partial charge in [0.2, 0.25) is 0 Å². The molecule has 0 fully saturated rings. The molecule has 2 N–H and O–H groups in total. The van der Waals surface area contributed by atoms with Crippen LogP contribution >= 0.6 is 0 Å². The predicted octanol–water partition coefficient (Wildman–Crippen LogP) is 0.723. The summed E-state index contributed by atoms with van der Waals surface area (Å²) < 4.78 is 12.6. The molecule has 0 amide bonds. The predicted molar refractivity (Wildman–Crippen MR) is 93.1 cm³/mol. The minimum atomic E-state index is 0.636. The van der Waals surface area contributed by atoms with Crippen LogP contribution in [0, 0.1) is 0 Å². The first kappa shape index (κ1) is 18.7. The number of nitrogens with zero attached hydrogens (tertiary/aromatic N) is 4. The van der Waals surface area contributed by atoms with E-state index in [1.165, 1.54) is 19.3 Å². The number of ether oxygens (including phenoxy) is 2. The summed E-state index contributed by atoms with van der Waals surface area (Å²) in [6.45, 7) is 4.46. The maximum Gasteiger partial charge on any atom is 0.191 e. The van der Waals surface area contributed by atoms with Gasteiger partial charge in [0, 0.05) is 40.3 Å². The van der Waals surface area contributed by atoms with E-state index in [9.17, 15) is 0 Å². The zero-order valence-electron chi connectivity index (χ0n) is 14.9. The number of nitrogens with one attached hydrogen (secondary N) is 2. The Morgan fingerprint density at radius 3 is 2.92 bits per heavy atom. The molecule has 8 heteroatoms. The van der Waals surface area contributed by atoms with Gasteiger partial charge in [-0.1, -0.05) is 6.42 Å². The second-order valence-electron chi connectivity index (χ2n) is 5.81. The van der Waals surface area contributed by atoms with Crippen molar-refractivity contribution in [2.24, 2.45) is 4.99 Å². The Labute approximate surface area is 144 Å². The van der Waals surface area contributed by atoms with Gasteiger partial charge in [-0.25, -0.2) is 0 Å². The summed E-state index contributed by atoms with van der Waals surface area (Å²) in [5.41, 5.74) is 0. The molecule has 136 valence electrons. The summed E-state index contributed by atoms with van der Waals surface area (Å²) in [7, 11) is 3.45. The third-order valence-corrected chi connectivity index (χ3v) is 4.01. The van der Waals surface area contributed by atoms with Crippen LogP contribution in [0.1, 0.15) is 37.3 Å². The molecule has 0 radical (unpaired) electrons. The van der Waals surface area contributed by atoms with E-state index in [0.717, 1.165) is 43.5 Å². The summed E-state index contributed by atoms with van der Waals surface area (Å²) >= 11 is 0. The van der Waals surface area contributed by atoms with Crippen LogP contribution in [0.15, 0.2) is 4.99 Å². The molecule has 0 bridgehead atoms. The van der Waals surface area contributed by atoms with Crippen LogP contribution in [0.5, 0.6) is 0 Å². The fraction of sp³-hybridized carbons (Fsp3) is 0.812. The summed E-state index contributed by atoms with van der Waals surface area (Å²) in [5, 5.41) is 15.2. The molecule has 1 aromatic heterocycles. The van der Waals surface area contributed by atoms with E-state index in [0.29, 0.717) is 26.4 Å². The Hall–Kier alpha value is -1.67. The van der Waals surface area contributed by atoms with Gasteiger partial charge in [0.25, 0.3) is 0 Å². The fourth-order valence-corrected chi connectivity index (χ4v) is 2.68. The first-order chi connectivity index (χ1) is 11.8. The van der Waals surface area contributed by atoms with Crippen LogP contribution in [-0.2, 0) is 29.0 Å². The molecule has 0 saturated heterocycles. The molecule has 0 unspecified atom stereocenters. The van der Waals surface area contributed by atoms with Crippen molar-refractivity contribution >= 4 is 5.96 Å². The number of guanidine groups is 1. The molecular weight excluding hydrogens is 308 g/mol. The molecule has 2 heterocycles. The molecule has 2 rings (SSSR count). The molecule has 24 heavy (non-hydrogen) atoms. The SMILES string of the molecule is CN=C(NCCCOCCOC)NCc1nnc2n1CCCCC2. The van der Waals surface area contributed by atoms with Crippen molar-refractivity contribution in [1.82, 2.24) is 25.4 Å². The van der Waals surface area contributed by atoms with Gasteiger partial charge in [-0.15, -0.1) is 10.2 Å². The van der Waals surface area contributed by atoms with E-state index in [1.54, 1.807) is 14.2 Å². The van der Waals surface area contributed by atoms with Crippen molar-refractivity contribution in [2.75, 3.05) is 40.5 Å². The quantitative estimate of drug-likeness (QED) is 0.392. The van der Waals surface area contributed by atoms with Crippen molar-refractivity contribution in [1.29, 1.82) is 0 Å². The van der Waals surface area contributed by atoms with Gasteiger partial charge in [0.05, 0.1) is 19.8 Å². The number of fused-ring (bicyclic) bond motifs is 1. The number of hydrogen-bond acceptors (Lipinski definition) is 5.